The van der Waals surface area contributed by atoms with Crippen molar-refractivity contribution >= 4 is 55.6 Å². The Balaban J connectivity index is 1.54. The van der Waals surface area contributed by atoms with Crippen molar-refractivity contribution in [3.8, 4) is 5.75 Å². The molecule has 2 aromatic carbocycles. The Kier molecular flexibility index (Phi) is 6.18. The molecule has 1 saturated heterocycles. The maximum absolute atomic E-state index is 12.6. The molecular weight excluding hydrogens is 458 g/mol. The predicted molar refractivity (Wildman–Crippen MR) is 126 cm³/mol. The maximum Gasteiger partial charge on any atom is 0.234 e. The van der Waals surface area contributed by atoms with Gasteiger partial charge in [0.15, 0.2) is 15.0 Å². The Hall–Kier alpha value is -2.23. The van der Waals surface area contributed by atoms with Gasteiger partial charge in [-0.2, -0.15) is 0 Å². The van der Waals surface area contributed by atoms with Crippen molar-refractivity contribution in [3.05, 3.63) is 53.1 Å². The number of para-hydroxylation sites is 2. The Bertz CT molecular complexity index is 1150. The van der Waals surface area contributed by atoms with Crippen LogP contribution < -0.4 is 15.0 Å². The number of hydrogen-bond donors (Lipinski definition) is 1. The number of rotatable bonds is 5. The molecule has 0 aliphatic carbocycles. The van der Waals surface area contributed by atoms with Crippen molar-refractivity contribution in [2.45, 2.75) is 19.0 Å². The first-order chi connectivity index (χ1) is 14.8. The number of nitrogens with zero attached hydrogens (tertiary/aromatic N) is 2. The van der Waals surface area contributed by atoms with Gasteiger partial charge in [-0.25, -0.2) is 8.42 Å². The van der Waals surface area contributed by atoms with E-state index >= 15 is 0 Å². The van der Waals surface area contributed by atoms with Crippen LogP contribution in [-0.2, 0) is 14.6 Å². The van der Waals surface area contributed by atoms with Crippen molar-refractivity contribution in [2.75, 3.05) is 34.6 Å². The highest BCUT2D eigenvalue weighted by Gasteiger charge is 2.47. The molecule has 2 heterocycles. The number of aliphatic imine (C=N–C) groups is 1. The number of anilines is 2. The lowest BCUT2D eigenvalue weighted by Crippen LogP contribution is -2.39. The predicted octanol–water partition coefficient (Wildman–Crippen LogP) is 3.37. The van der Waals surface area contributed by atoms with Crippen molar-refractivity contribution in [1.82, 2.24) is 0 Å². The van der Waals surface area contributed by atoms with Gasteiger partial charge in [0.25, 0.3) is 0 Å². The van der Waals surface area contributed by atoms with Crippen molar-refractivity contribution < 1.29 is 17.9 Å². The normalized spacial score (nSPS) is 21.5. The number of ether oxygens (including phenoxy) is 1. The molecule has 1 N–H and O–H groups in total. The average molecular weight is 480 g/mol. The first-order valence-corrected chi connectivity index (χ1v) is 12.9. The molecule has 0 radical (unpaired) electrons. The molecule has 31 heavy (non-hydrogen) atoms. The van der Waals surface area contributed by atoms with Crippen LogP contribution in [0.1, 0.15) is 5.56 Å². The SMILES string of the molecule is COc1ccccc1N1C(SCC(=O)Nc2cccc(Cl)c2C)=N[C@@H]2CS(=O)(=O)C[C@H]21. The van der Waals surface area contributed by atoms with Gasteiger partial charge in [-0.1, -0.05) is 41.6 Å². The summed E-state index contributed by atoms with van der Waals surface area (Å²) < 4.78 is 29.9. The number of methoxy groups -OCH3 is 1. The van der Waals surface area contributed by atoms with Gasteiger partial charge in [-0.15, -0.1) is 0 Å². The zero-order chi connectivity index (χ0) is 22.2. The third kappa shape index (κ3) is 4.53. The molecule has 2 aliphatic rings. The average Bonchev–Trinajstić information content (AvgIpc) is 3.20. The first-order valence-electron chi connectivity index (χ1n) is 9.67. The molecule has 7 nitrogen and oxygen atoms in total. The summed E-state index contributed by atoms with van der Waals surface area (Å²) in [7, 11) is -1.59. The number of amidine groups is 1. The minimum Gasteiger partial charge on any atom is -0.495 e. The largest absolute Gasteiger partial charge is 0.495 e. The molecule has 1 fully saturated rings. The number of amides is 1. The van der Waals surface area contributed by atoms with Crippen LogP contribution in [0.25, 0.3) is 0 Å². The van der Waals surface area contributed by atoms with Crippen LogP contribution in [-0.4, -0.2) is 55.9 Å². The van der Waals surface area contributed by atoms with E-state index in [0.717, 1.165) is 11.3 Å². The quantitative estimate of drug-likeness (QED) is 0.707. The molecule has 4 rings (SSSR count). The van der Waals surface area contributed by atoms with Gasteiger partial charge >= 0.3 is 0 Å². The second-order valence-electron chi connectivity index (χ2n) is 7.41. The number of benzene rings is 2. The van der Waals surface area contributed by atoms with Crippen LogP contribution in [0.2, 0.25) is 5.02 Å². The lowest BCUT2D eigenvalue weighted by atomic mass is 10.1. The lowest BCUT2D eigenvalue weighted by molar-refractivity contribution is -0.113. The van der Waals surface area contributed by atoms with E-state index < -0.39 is 9.84 Å². The summed E-state index contributed by atoms with van der Waals surface area (Å²) in [5.74, 6) is 0.601. The van der Waals surface area contributed by atoms with E-state index in [4.69, 9.17) is 16.3 Å². The van der Waals surface area contributed by atoms with Gasteiger partial charge < -0.3 is 15.0 Å². The fourth-order valence-corrected chi connectivity index (χ4v) is 6.74. The van der Waals surface area contributed by atoms with E-state index in [1.165, 1.54) is 11.8 Å². The van der Waals surface area contributed by atoms with Gasteiger partial charge in [-0.3, -0.25) is 9.79 Å². The highest BCUT2D eigenvalue weighted by molar-refractivity contribution is 8.14. The van der Waals surface area contributed by atoms with Gasteiger partial charge in [0.1, 0.15) is 5.75 Å². The fourth-order valence-electron chi connectivity index (χ4n) is 3.80. The highest BCUT2D eigenvalue weighted by atomic mass is 35.5. The number of carbonyl (C=O) groups is 1. The molecular formula is C21H22ClN3O4S2. The number of sulfone groups is 1. The molecule has 0 saturated carbocycles. The van der Waals surface area contributed by atoms with Gasteiger partial charge in [0, 0.05) is 10.7 Å². The minimum absolute atomic E-state index is 0.0152. The molecule has 2 aromatic rings. The summed E-state index contributed by atoms with van der Waals surface area (Å²) in [6.07, 6.45) is 0. The Morgan fingerprint density at radius 1 is 1.26 bits per heavy atom. The summed E-state index contributed by atoms with van der Waals surface area (Å²) in [6.45, 7) is 1.84. The third-order valence-corrected chi connectivity index (χ3v) is 8.40. The van der Waals surface area contributed by atoms with Crippen LogP contribution in [0.3, 0.4) is 0 Å². The van der Waals surface area contributed by atoms with Gasteiger partial charge in [-0.05, 0) is 36.8 Å². The van der Waals surface area contributed by atoms with Crippen LogP contribution in [0.5, 0.6) is 5.75 Å². The van der Waals surface area contributed by atoms with E-state index in [1.54, 1.807) is 25.3 Å². The Morgan fingerprint density at radius 2 is 2.03 bits per heavy atom. The summed E-state index contributed by atoms with van der Waals surface area (Å²) in [6, 6.07) is 12.1. The zero-order valence-electron chi connectivity index (χ0n) is 17.0. The summed E-state index contributed by atoms with van der Waals surface area (Å²) in [5, 5.41) is 4.08. The third-order valence-electron chi connectivity index (χ3n) is 5.33. The molecule has 0 spiro atoms. The van der Waals surface area contributed by atoms with Crippen LogP contribution in [0.4, 0.5) is 11.4 Å². The number of carbonyl (C=O) groups excluding carboxylic acids is 1. The van der Waals surface area contributed by atoms with Crippen LogP contribution in [0, 0.1) is 6.92 Å². The topological polar surface area (TPSA) is 88.1 Å². The number of hydrogen-bond acceptors (Lipinski definition) is 7. The summed E-state index contributed by atoms with van der Waals surface area (Å²) in [5.41, 5.74) is 2.21. The van der Waals surface area contributed by atoms with E-state index in [9.17, 15) is 13.2 Å². The molecule has 164 valence electrons. The van der Waals surface area contributed by atoms with E-state index in [2.05, 4.69) is 10.3 Å². The summed E-state index contributed by atoms with van der Waals surface area (Å²) >= 11 is 7.41. The van der Waals surface area contributed by atoms with Gasteiger partial charge in [0.05, 0.1) is 42.1 Å². The molecule has 2 aliphatic heterocycles. The van der Waals surface area contributed by atoms with Crippen molar-refractivity contribution in [2.24, 2.45) is 4.99 Å². The Labute approximate surface area is 190 Å². The number of fused-ring (bicyclic) bond motifs is 1. The van der Waals surface area contributed by atoms with E-state index in [0.29, 0.717) is 21.6 Å². The lowest BCUT2D eigenvalue weighted by Gasteiger charge is -2.27. The molecule has 0 bridgehead atoms. The smallest absolute Gasteiger partial charge is 0.234 e. The zero-order valence-corrected chi connectivity index (χ0v) is 19.4. The summed E-state index contributed by atoms with van der Waals surface area (Å²) in [4.78, 5) is 19.1. The molecule has 0 unspecified atom stereocenters. The van der Waals surface area contributed by atoms with Crippen molar-refractivity contribution in [1.29, 1.82) is 0 Å². The Morgan fingerprint density at radius 3 is 2.81 bits per heavy atom. The van der Waals surface area contributed by atoms with Crippen LogP contribution in [0.15, 0.2) is 47.5 Å². The molecule has 10 heteroatoms. The second-order valence-corrected chi connectivity index (χ2v) is 10.9. The maximum atomic E-state index is 12.6. The molecule has 0 aromatic heterocycles. The first kappa shape index (κ1) is 22.0. The van der Waals surface area contributed by atoms with E-state index in [1.807, 2.05) is 36.1 Å². The number of halogens is 1. The number of nitrogens with one attached hydrogen (secondary N) is 1. The fraction of sp³-hybridized carbons (Fsp3) is 0.333. The van der Waals surface area contributed by atoms with Crippen LogP contribution >= 0.6 is 23.4 Å². The van der Waals surface area contributed by atoms with Gasteiger partial charge in [0.2, 0.25) is 5.91 Å². The second kappa shape index (κ2) is 8.72. The standard InChI is InChI=1S/C21H22ClN3O4S2/c1-13-14(22)6-5-7-15(13)23-20(26)10-30-21-24-16-11-31(27,28)12-18(16)25(21)17-8-3-4-9-19(17)29-2/h3-9,16,18H,10-12H2,1-2H3,(H,23,26)/t16-,18-/m1/s1. The molecule has 2 atom stereocenters. The molecule has 1 amide bonds. The van der Waals surface area contributed by atoms with Crippen molar-refractivity contribution in [3.63, 3.8) is 0 Å². The minimum atomic E-state index is -3.16. The monoisotopic (exact) mass is 479 g/mol. The highest BCUT2D eigenvalue weighted by Crippen LogP contribution is 2.39. The van der Waals surface area contributed by atoms with E-state index in [-0.39, 0.29) is 35.2 Å². The number of thioether (sulfide) groups is 1.